The molecule has 0 heterocycles. The molecule has 2 aromatic carbocycles. The fourth-order valence-electron chi connectivity index (χ4n) is 3.71. The van der Waals surface area contributed by atoms with Crippen molar-refractivity contribution in [3.63, 3.8) is 0 Å². The van der Waals surface area contributed by atoms with Crippen molar-refractivity contribution in [3.8, 4) is 11.8 Å². The van der Waals surface area contributed by atoms with Crippen LogP contribution in [-0.2, 0) is 0 Å². The molecule has 0 atom stereocenters. The number of halogens is 2. The first kappa shape index (κ1) is 18.7. The van der Waals surface area contributed by atoms with E-state index in [-0.39, 0.29) is 5.82 Å². The van der Waals surface area contributed by atoms with Crippen LogP contribution in [0, 0.1) is 23.6 Å². The summed E-state index contributed by atoms with van der Waals surface area (Å²) in [5, 5.41) is 0.386. The van der Waals surface area contributed by atoms with E-state index in [2.05, 4.69) is 30.6 Å². The predicted octanol–water partition coefficient (Wildman–Crippen LogP) is 7.12. The van der Waals surface area contributed by atoms with Gasteiger partial charge < -0.3 is 0 Å². The van der Waals surface area contributed by atoms with E-state index in [1.165, 1.54) is 43.7 Å². The summed E-state index contributed by atoms with van der Waals surface area (Å²) in [7, 11) is 0. The Balaban J connectivity index is 1.61. The van der Waals surface area contributed by atoms with Crippen LogP contribution in [-0.4, -0.2) is 0 Å². The van der Waals surface area contributed by atoms with Crippen molar-refractivity contribution < 1.29 is 4.39 Å². The van der Waals surface area contributed by atoms with Gasteiger partial charge in [0.15, 0.2) is 0 Å². The molecule has 2 aromatic rings. The summed E-state index contributed by atoms with van der Waals surface area (Å²) in [6, 6.07) is 13.0. The molecule has 26 heavy (non-hydrogen) atoms. The van der Waals surface area contributed by atoms with Crippen LogP contribution in [0.4, 0.5) is 4.39 Å². The monoisotopic (exact) mass is 366 g/mol. The van der Waals surface area contributed by atoms with Crippen molar-refractivity contribution in [3.05, 3.63) is 82.6 Å². The molecule has 0 saturated heterocycles. The van der Waals surface area contributed by atoms with Gasteiger partial charge in [-0.25, -0.2) is 4.39 Å². The Hall–Kier alpha value is -2.04. The average Bonchev–Trinajstić information content (AvgIpc) is 2.66. The molecule has 0 nitrogen and oxygen atoms in total. The quantitative estimate of drug-likeness (QED) is 0.399. The van der Waals surface area contributed by atoms with Crippen molar-refractivity contribution in [2.75, 3.05) is 0 Å². The standard InChI is InChI=1S/C24H24ClF/c1-2-3-4-18-5-10-20(11-6-18)21-12-7-19(8-13-21)9-14-22-15-16-23(25)17-24(22)26/h2,7-8,12-13,15-18,20H,1,3-6,10-11H2. The van der Waals surface area contributed by atoms with E-state index in [1.54, 1.807) is 12.1 Å². The minimum absolute atomic E-state index is 0.372. The molecule has 1 aliphatic rings. The highest BCUT2D eigenvalue weighted by molar-refractivity contribution is 6.30. The summed E-state index contributed by atoms with van der Waals surface area (Å²) in [6.07, 6.45) is 9.61. The van der Waals surface area contributed by atoms with Crippen LogP contribution in [0.2, 0.25) is 5.02 Å². The van der Waals surface area contributed by atoms with Crippen LogP contribution >= 0.6 is 11.6 Å². The maximum Gasteiger partial charge on any atom is 0.140 e. The van der Waals surface area contributed by atoms with Gasteiger partial charge in [-0.1, -0.05) is 41.7 Å². The van der Waals surface area contributed by atoms with Crippen LogP contribution in [0.25, 0.3) is 0 Å². The lowest BCUT2D eigenvalue weighted by molar-refractivity contribution is 0.312. The Bertz CT molecular complexity index is 802. The molecule has 134 valence electrons. The van der Waals surface area contributed by atoms with E-state index >= 15 is 0 Å². The van der Waals surface area contributed by atoms with E-state index in [0.717, 1.165) is 17.9 Å². The molecule has 0 N–H and O–H groups in total. The lowest BCUT2D eigenvalue weighted by Crippen LogP contribution is -2.13. The molecule has 1 fully saturated rings. The van der Waals surface area contributed by atoms with Gasteiger partial charge >= 0.3 is 0 Å². The smallest absolute Gasteiger partial charge is 0.140 e. The molecule has 0 spiro atoms. The highest BCUT2D eigenvalue weighted by atomic mass is 35.5. The zero-order valence-corrected chi connectivity index (χ0v) is 15.7. The van der Waals surface area contributed by atoms with Gasteiger partial charge in [0, 0.05) is 10.6 Å². The van der Waals surface area contributed by atoms with Crippen LogP contribution in [0.3, 0.4) is 0 Å². The summed E-state index contributed by atoms with van der Waals surface area (Å²) < 4.78 is 13.8. The van der Waals surface area contributed by atoms with Crippen LogP contribution in [0.15, 0.2) is 55.1 Å². The Morgan fingerprint density at radius 3 is 2.42 bits per heavy atom. The second-order valence-electron chi connectivity index (χ2n) is 7.08. The van der Waals surface area contributed by atoms with Crippen molar-refractivity contribution in [1.82, 2.24) is 0 Å². The van der Waals surface area contributed by atoms with E-state index in [0.29, 0.717) is 16.5 Å². The lowest BCUT2D eigenvalue weighted by atomic mass is 9.77. The van der Waals surface area contributed by atoms with Gasteiger partial charge in [0.25, 0.3) is 0 Å². The number of allylic oxidation sites excluding steroid dienone is 1. The Morgan fingerprint density at radius 2 is 1.77 bits per heavy atom. The van der Waals surface area contributed by atoms with Gasteiger partial charge in [0.05, 0.1) is 5.56 Å². The van der Waals surface area contributed by atoms with Crippen LogP contribution in [0.1, 0.15) is 61.1 Å². The van der Waals surface area contributed by atoms with Crippen molar-refractivity contribution in [2.24, 2.45) is 5.92 Å². The van der Waals surface area contributed by atoms with Gasteiger partial charge in [-0.15, -0.1) is 6.58 Å². The van der Waals surface area contributed by atoms with Gasteiger partial charge in [0.2, 0.25) is 0 Å². The van der Waals surface area contributed by atoms with Crippen molar-refractivity contribution in [2.45, 2.75) is 44.4 Å². The molecular formula is C24H24ClF. The first-order chi connectivity index (χ1) is 12.7. The fourth-order valence-corrected chi connectivity index (χ4v) is 3.87. The highest BCUT2D eigenvalue weighted by Crippen LogP contribution is 2.37. The molecule has 3 rings (SSSR count). The Morgan fingerprint density at radius 1 is 1.04 bits per heavy atom. The average molecular weight is 367 g/mol. The predicted molar refractivity (Wildman–Crippen MR) is 108 cm³/mol. The minimum atomic E-state index is -0.380. The Kier molecular flexibility index (Phi) is 6.53. The SMILES string of the molecule is C=CCCC1CCC(c2ccc(C#Cc3ccc(Cl)cc3F)cc2)CC1. The molecule has 1 saturated carbocycles. The number of benzene rings is 2. The first-order valence-electron chi connectivity index (χ1n) is 9.33. The maximum absolute atomic E-state index is 13.8. The third kappa shape index (κ3) is 4.99. The number of rotatable bonds is 4. The minimum Gasteiger partial charge on any atom is -0.206 e. The summed E-state index contributed by atoms with van der Waals surface area (Å²) in [4.78, 5) is 0. The first-order valence-corrected chi connectivity index (χ1v) is 9.71. The maximum atomic E-state index is 13.8. The lowest BCUT2D eigenvalue weighted by Gasteiger charge is -2.28. The fraction of sp³-hybridized carbons (Fsp3) is 0.333. The van der Waals surface area contributed by atoms with Gasteiger partial charge in [-0.3, -0.25) is 0 Å². The number of hydrogen-bond donors (Lipinski definition) is 0. The molecular weight excluding hydrogens is 343 g/mol. The summed E-state index contributed by atoms with van der Waals surface area (Å²) in [6.45, 7) is 3.82. The molecule has 0 aromatic heterocycles. The Labute approximate surface area is 161 Å². The van der Waals surface area contributed by atoms with Gasteiger partial charge in [-0.05, 0) is 86.3 Å². The van der Waals surface area contributed by atoms with E-state index in [1.807, 2.05) is 18.2 Å². The van der Waals surface area contributed by atoms with Crippen LogP contribution < -0.4 is 0 Å². The molecule has 2 heteroatoms. The van der Waals surface area contributed by atoms with Gasteiger partial charge in [0.1, 0.15) is 5.82 Å². The molecule has 0 bridgehead atoms. The van der Waals surface area contributed by atoms with E-state index in [4.69, 9.17) is 11.6 Å². The summed E-state index contributed by atoms with van der Waals surface area (Å²) in [5.74, 6) is 7.07. The summed E-state index contributed by atoms with van der Waals surface area (Å²) in [5.41, 5.74) is 2.68. The van der Waals surface area contributed by atoms with Gasteiger partial charge in [-0.2, -0.15) is 0 Å². The third-order valence-electron chi connectivity index (χ3n) is 5.28. The zero-order chi connectivity index (χ0) is 18.4. The second-order valence-corrected chi connectivity index (χ2v) is 7.52. The third-order valence-corrected chi connectivity index (χ3v) is 5.52. The normalized spacial score (nSPS) is 19.5. The topological polar surface area (TPSA) is 0 Å². The molecule has 1 aliphatic carbocycles. The second kappa shape index (κ2) is 9.06. The molecule has 0 aliphatic heterocycles. The van der Waals surface area contributed by atoms with Crippen molar-refractivity contribution in [1.29, 1.82) is 0 Å². The van der Waals surface area contributed by atoms with Crippen LogP contribution in [0.5, 0.6) is 0 Å². The largest absolute Gasteiger partial charge is 0.206 e. The molecule has 0 amide bonds. The van der Waals surface area contributed by atoms with E-state index < -0.39 is 0 Å². The molecule has 0 radical (unpaired) electrons. The van der Waals surface area contributed by atoms with E-state index in [9.17, 15) is 4.39 Å². The zero-order valence-electron chi connectivity index (χ0n) is 15.0. The van der Waals surface area contributed by atoms with Crippen molar-refractivity contribution >= 4 is 11.6 Å². The molecule has 0 unspecified atom stereocenters. The number of hydrogen-bond acceptors (Lipinski definition) is 0. The highest BCUT2D eigenvalue weighted by Gasteiger charge is 2.21. The summed E-state index contributed by atoms with van der Waals surface area (Å²) >= 11 is 5.77.